The van der Waals surface area contributed by atoms with Crippen LogP contribution in [0.25, 0.3) is 0 Å². The molecule has 0 spiro atoms. The minimum Gasteiger partial charge on any atom is -0.322 e. The maximum Gasteiger partial charge on any atom is 0.255 e. The number of anilines is 1. The number of rotatable bonds is 2. The quantitative estimate of drug-likeness (QED) is 0.863. The number of nitrogens with zero attached hydrogens (tertiary/aromatic N) is 2. The van der Waals surface area contributed by atoms with E-state index in [2.05, 4.69) is 10.3 Å². The van der Waals surface area contributed by atoms with Gasteiger partial charge in [0, 0.05) is 23.0 Å². The van der Waals surface area contributed by atoms with Crippen LogP contribution in [0.2, 0.25) is 5.15 Å². The van der Waals surface area contributed by atoms with Crippen molar-refractivity contribution in [1.82, 2.24) is 4.98 Å². The summed E-state index contributed by atoms with van der Waals surface area (Å²) in [6.07, 6.45) is 1.40. The van der Waals surface area contributed by atoms with Gasteiger partial charge in [0.05, 0.1) is 11.6 Å². The predicted octanol–water partition coefficient (Wildman–Crippen LogP) is 3.31. The van der Waals surface area contributed by atoms with Crippen LogP contribution in [0.1, 0.15) is 21.5 Å². The highest BCUT2D eigenvalue weighted by molar-refractivity contribution is 6.29. The van der Waals surface area contributed by atoms with Gasteiger partial charge in [0.25, 0.3) is 5.91 Å². The van der Waals surface area contributed by atoms with Gasteiger partial charge in [-0.25, -0.2) is 9.37 Å². The van der Waals surface area contributed by atoms with Gasteiger partial charge >= 0.3 is 0 Å². The third-order valence-corrected chi connectivity index (χ3v) is 2.92. The van der Waals surface area contributed by atoms with E-state index in [1.807, 2.05) is 6.07 Å². The summed E-state index contributed by atoms with van der Waals surface area (Å²) in [4.78, 5) is 15.8. The average molecular weight is 290 g/mol. The summed E-state index contributed by atoms with van der Waals surface area (Å²) in [5.74, 6) is -1.00. The minimum absolute atomic E-state index is 0.135. The molecule has 4 nitrogen and oxygen atoms in total. The Kier molecular flexibility index (Phi) is 3.97. The van der Waals surface area contributed by atoms with E-state index in [1.165, 1.54) is 31.3 Å². The van der Waals surface area contributed by atoms with Crippen LogP contribution in [0.5, 0.6) is 0 Å². The van der Waals surface area contributed by atoms with E-state index in [4.69, 9.17) is 16.9 Å². The first-order valence-corrected chi connectivity index (χ1v) is 6.02. The predicted molar refractivity (Wildman–Crippen MR) is 73.1 cm³/mol. The maximum absolute atomic E-state index is 13.6. The Bertz CT molecular complexity index is 725. The van der Waals surface area contributed by atoms with Gasteiger partial charge in [0.15, 0.2) is 0 Å². The number of hydrogen-bond donors (Lipinski definition) is 1. The zero-order valence-electron chi connectivity index (χ0n) is 10.4. The number of amides is 1. The van der Waals surface area contributed by atoms with Gasteiger partial charge in [0.1, 0.15) is 11.0 Å². The summed E-state index contributed by atoms with van der Waals surface area (Å²) in [6.45, 7) is 1.52. The second-order valence-corrected chi connectivity index (χ2v) is 4.45. The molecule has 1 aromatic carbocycles. The van der Waals surface area contributed by atoms with Crippen molar-refractivity contribution < 1.29 is 9.18 Å². The number of pyridine rings is 1. The van der Waals surface area contributed by atoms with Crippen molar-refractivity contribution in [2.24, 2.45) is 0 Å². The van der Waals surface area contributed by atoms with E-state index < -0.39 is 11.7 Å². The smallest absolute Gasteiger partial charge is 0.255 e. The summed E-state index contributed by atoms with van der Waals surface area (Å²) >= 11 is 5.70. The van der Waals surface area contributed by atoms with Gasteiger partial charge < -0.3 is 5.32 Å². The van der Waals surface area contributed by atoms with Crippen molar-refractivity contribution in [3.63, 3.8) is 0 Å². The van der Waals surface area contributed by atoms with Gasteiger partial charge in [-0.05, 0) is 31.2 Å². The van der Waals surface area contributed by atoms with Crippen molar-refractivity contribution in [1.29, 1.82) is 5.26 Å². The van der Waals surface area contributed by atoms with Crippen LogP contribution in [0.15, 0.2) is 30.5 Å². The summed E-state index contributed by atoms with van der Waals surface area (Å²) in [7, 11) is 0. The Morgan fingerprint density at radius 3 is 2.85 bits per heavy atom. The van der Waals surface area contributed by atoms with E-state index in [1.54, 1.807) is 0 Å². The van der Waals surface area contributed by atoms with Crippen LogP contribution in [0.4, 0.5) is 10.1 Å². The van der Waals surface area contributed by atoms with E-state index in [9.17, 15) is 9.18 Å². The normalized spacial score (nSPS) is 9.90. The molecule has 0 aliphatic carbocycles. The third-order valence-electron chi connectivity index (χ3n) is 2.71. The van der Waals surface area contributed by atoms with Crippen LogP contribution in [-0.4, -0.2) is 10.9 Å². The van der Waals surface area contributed by atoms with E-state index in [0.717, 1.165) is 6.07 Å². The lowest BCUT2D eigenvalue weighted by atomic mass is 10.1. The van der Waals surface area contributed by atoms with Crippen molar-refractivity contribution >= 4 is 23.2 Å². The minimum atomic E-state index is -0.549. The first-order chi connectivity index (χ1) is 9.51. The molecule has 20 heavy (non-hydrogen) atoms. The number of carbonyl (C=O) groups is 1. The number of nitrogens with one attached hydrogen (secondary N) is 1. The monoisotopic (exact) mass is 289 g/mol. The lowest BCUT2D eigenvalue weighted by Crippen LogP contribution is -2.13. The summed E-state index contributed by atoms with van der Waals surface area (Å²) < 4.78 is 13.6. The molecule has 0 fully saturated rings. The molecule has 0 atom stereocenters. The summed E-state index contributed by atoms with van der Waals surface area (Å²) in [5.41, 5.74) is 0.945. The van der Waals surface area contributed by atoms with Gasteiger partial charge in [-0.2, -0.15) is 5.26 Å². The number of aromatic nitrogens is 1. The molecule has 1 aromatic heterocycles. The number of nitriles is 1. The van der Waals surface area contributed by atoms with Crippen LogP contribution < -0.4 is 5.32 Å². The van der Waals surface area contributed by atoms with Crippen LogP contribution >= 0.6 is 11.6 Å². The van der Waals surface area contributed by atoms with E-state index in [0.29, 0.717) is 5.56 Å². The Balaban J connectivity index is 2.33. The standard InChI is InChI=1S/C14H9ClFN3O/c1-8-11(16)4-9(7-17)5-12(8)19-14(20)10-2-3-18-13(15)6-10/h2-6H,1H3,(H,19,20). The first-order valence-electron chi connectivity index (χ1n) is 5.64. The molecule has 0 aliphatic rings. The van der Waals surface area contributed by atoms with Gasteiger partial charge in [-0.1, -0.05) is 11.6 Å². The van der Waals surface area contributed by atoms with Crippen LogP contribution in [0.3, 0.4) is 0 Å². The molecular formula is C14H9ClFN3O. The fraction of sp³-hybridized carbons (Fsp3) is 0.0714. The van der Waals surface area contributed by atoms with Crippen molar-refractivity contribution in [3.05, 3.63) is 58.1 Å². The molecule has 0 aliphatic heterocycles. The number of halogens is 2. The zero-order chi connectivity index (χ0) is 14.7. The number of hydrogen-bond acceptors (Lipinski definition) is 3. The highest BCUT2D eigenvalue weighted by Crippen LogP contribution is 2.21. The molecule has 0 unspecified atom stereocenters. The Hall–Kier alpha value is -2.45. The lowest BCUT2D eigenvalue weighted by molar-refractivity contribution is 0.102. The molecule has 0 bridgehead atoms. The third kappa shape index (κ3) is 2.92. The zero-order valence-corrected chi connectivity index (χ0v) is 11.2. The molecule has 0 radical (unpaired) electrons. The molecule has 0 saturated heterocycles. The second-order valence-electron chi connectivity index (χ2n) is 4.06. The Morgan fingerprint density at radius 1 is 1.45 bits per heavy atom. The molecule has 2 aromatic rings. The molecule has 1 heterocycles. The lowest BCUT2D eigenvalue weighted by Gasteiger charge is -2.09. The highest BCUT2D eigenvalue weighted by atomic mass is 35.5. The number of carbonyl (C=O) groups excluding carboxylic acids is 1. The largest absolute Gasteiger partial charge is 0.322 e. The van der Waals surface area contributed by atoms with E-state index >= 15 is 0 Å². The van der Waals surface area contributed by atoms with Crippen LogP contribution in [-0.2, 0) is 0 Å². The molecule has 0 saturated carbocycles. The topological polar surface area (TPSA) is 65.8 Å². The molecule has 2 rings (SSSR count). The highest BCUT2D eigenvalue weighted by Gasteiger charge is 2.12. The fourth-order valence-electron chi connectivity index (χ4n) is 1.61. The van der Waals surface area contributed by atoms with Crippen molar-refractivity contribution in [2.45, 2.75) is 6.92 Å². The van der Waals surface area contributed by atoms with Gasteiger partial charge in [0.2, 0.25) is 0 Å². The summed E-state index contributed by atoms with van der Waals surface area (Å²) in [6, 6.07) is 7.26. The Morgan fingerprint density at radius 2 is 2.20 bits per heavy atom. The molecule has 100 valence electrons. The van der Waals surface area contributed by atoms with Crippen molar-refractivity contribution in [3.8, 4) is 6.07 Å². The molecule has 6 heteroatoms. The maximum atomic E-state index is 13.6. The van der Waals surface area contributed by atoms with Gasteiger partial charge in [-0.3, -0.25) is 4.79 Å². The number of benzene rings is 1. The molecule has 1 N–H and O–H groups in total. The Labute approximate surface area is 119 Å². The van der Waals surface area contributed by atoms with Crippen molar-refractivity contribution in [2.75, 3.05) is 5.32 Å². The van der Waals surface area contributed by atoms with E-state index in [-0.39, 0.29) is 22.0 Å². The fourth-order valence-corrected chi connectivity index (χ4v) is 1.79. The van der Waals surface area contributed by atoms with Crippen LogP contribution in [0, 0.1) is 24.1 Å². The van der Waals surface area contributed by atoms with Gasteiger partial charge in [-0.15, -0.1) is 0 Å². The first kappa shape index (κ1) is 14.0. The average Bonchev–Trinajstić information content (AvgIpc) is 2.43. The summed E-state index contributed by atoms with van der Waals surface area (Å²) in [5, 5.41) is 11.5. The second kappa shape index (κ2) is 5.68. The SMILES string of the molecule is Cc1c(F)cc(C#N)cc1NC(=O)c1ccnc(Cl)c1. The molecule has 1 amide bonds. The molecular weight excluding hydrogens is 281 g/mol.